The lowest BCUT2D eigenvalue weighted by molar-refractivity contribution is 0.599. The Labute approximate surface area is 162 Å². The Morgan fingerprint density at radius 3 is 2.56 bits per heavy atom. The van der Waals surface area contributed by atoms with Gasteiger partial charge in [-0.2, -0.15) is 4.98 Å². The Balaban J connectivity index is 1.98. The second-order valence-electron chi connectivity index (χ2n) is 7.42. The molecule has 1 aliphatic rings. The summed E-state index contributed by atoms with van der Waals surface area (Å²) >= 11 is 0. The van der Waals surface area contributed by atoms with Gasteiger partial charge >= 0.3 is 0 Å². The van der Waals surface area contributed by atoms with Crippen LogP contribution in [-0.2, 0) is 9.84 Å². The third-order valence-corrected chi connectivity index (χ3v) is 6.47. The highest BCUT2D eigenvalue weighted by atomic mass is 32.2. The lowest BCUT2D eigenvalue weighted by Crippen LogP contribution is -2.37. The highest BCUT2D eigenvalue weighted by Crippen LogP contribution is 2.26. The Morgan fingerprint density at radius 1 is 1.22 bits per heavy atom. The molecule has 2 heterocycles. The van der Waals surface area contributed by atoms with E-state index in [0.29, 0.717) is 24.8 Å². The van der Waals surface area contributed by atoms with Crippen LogP contribution in [0.5, 0.6) is 0 Å². The number of anilines is 2. The first-order valence-corrected chi connectivity index (χ1v) is 11.4. The molecule has 1 fully saturated rings. The van der Waals surface area contributed by atoms with E-state index in [-0.39, 0.29) is 17.5 Å². The summed E-state index contributed by atoms with van der Waals surface area (Å²) in [7, 11) is -2.97. The summed E-state index contributed by atoms with van der Waals surface area (Å²) in [6.45, 7) is 7.80. The Kier molecular flexibility index (Phi) is 5.99. The number of sulfone groups is 1. The summed E-state index contributed by atoms with van der Waals surface area (Å²) < 4.78 is 23.9. The molecular formula is C20H28N4O2S. The molecule has 6 nitrogen and oxygen atoms in total. The molecule has 0 radical (unpaired) electrons. The van der Waals surface area contributed by atoms with Gasteiger partial charge in [0.05, 0.1) is 17.2 Å². The molecule has 3 rings (SSSR count). The average Bonchev–Trinajstić information content (AvgIpc) is 3.01. The maximum atomic E-state index is 11.9. The van der Waals surface area contributed by atoms with Gasteiger partial charge in [0, 0.05) is 30.8 Å². The van der Waals surface area contributed by atoms with E-state index in [9.17, 15) is 8.42 Å². The number of benzene rings is 1. The van der Waals surface area contributed by atoms with Crippen LogP contribution in [0.25, 0.3) is 11.3 Å². The van der Waals surface area contributed by atoms with Crippen molar-refractivity contribution in [2.75, 3.05) is 34.8 Å². The smallest absolute Gasteiger partial charge is 0.228 e. The maximum Gasteiger partial charge on any atom is 0.228 e. The monoisotopic (exact) mass is 388 g/mol. The zero-order valence-corrected chi connectivity index (χ0v) is 17.0. The maximum absolute atomic E-state index is 11.9. The fraction of sp³-hybridized carbons (Fsp3) is 0.500. The molecule has 0 amide bonds. The van der Waals surface area contributed by atoms with E-state index in [4.69, 9.17) is 9.97 Å². The number of hydrogen-bond acceptors (Lipinski definition) is 6. The second kappa shape index (κ2) is 8.25. The van der Waals surface area contributed by atoms with Crippen LogP contribution in [0.4, 0.5) is 11.8 Å². The van der Waals surface area contributed by atoms with Crippen LogP contribution < -0.4 is 10.2 Å². The van der Waals surface area contributed by atoms with Gasteiger partial charge in [-0.25, -0.2) is 13.4 Å². The van der Waals surface area contributed by atoms with Crippen LogP contribution in [0, 0.1) is 5.92 Å². The van der Waals surface area contributed by atoms with Gasteiger partial charge in [0.1, 0.15) is 5.82 Å². The van der Waals surface area contributed by atoms with E-state index >= 15 is 0 Å². The third-order valence-electron chi connectivity index (χ3n) is 4.72. The number of hydrogen-bond donors (Lipinski definition) is 1. The van der Waals surface area contributed by atoms with Gasteiger partial charge in [-0.05, 0) is 19.3 Å². The molecule has 1 aliphatic heterocycles. The molecule has 1 unspecified atom stereocenters. The normalized spacial score (nSPS) is 18.6. The molecular weight excluding hydrogens is 360 g/mol. The van der Waals surface area contributed by atoms with Crippen molar-refractivity contribution in [1.29, 1.82) is 0 Å². The summed E-state index contributed by atoms with van der Waals surface area (Å²) in [5, 5.41) is 3.38. The van der Waals surface area contributed by atoms with Gasteiger partial charge in [0.25, 0.3) is 0 Å². The topological polar surface area (TPSA) is 75.2 Å². The zero-order chi connectivity index (χ0) is 19.4. The van der Waals surface area contributed by atoms with E-state index in [1.807, 2.05) is 48.2 Å². The molecule has 146 valence electrons. The first-order valence-electron chi connectivity index (χ1n) is 9.53. The Bertz CT molecular complexity index is 869. The number of rotatable bonds is 7. The van der Waals surface area contributed by atoms with Crippen LogP contribution in [0.15, 0.2) is 36.4 Å². The van der Waals surface area contributed by atoms with Crippen molar-refractivity contribution in [2.24, 2.45) is 5.92 Å². The van der Waals surface area contributed by atoms with Gasteiger partial charge in [0.15, 0.2) is 9.84 Å². The fourth-order valence-corrected chi connectivity index (χ4v) is 5.03. The van der Waals surface area contributed by atoms with Gasteiger partial charge in [-0.3, -0.25) is 0 Å². The summed E-state index contributed by atoms with van der Waals surface area (Å²) in [6.07, 6.45) is 0.629. The van der Waals surface area contributed by atoms with Crippen LogP contribution in [0.1, 0.15) is 27.2 Å². The van der Waals surface area contributed by atoms with Crippen molar-refractivity contribution in [3.63, 3.8) is 0 Å². The molecule has 2 aromatic rings. The lowest BCUT2D eigenvalue weighted by Gasteiger charge is -2.27. The largest absolute Gasteiger partial charge is 0.370 e. The van der Waals surface area contributed by atoms with Gasteiger partial charge in [0.2, 0.25) is 5.95 Å². The lowest BCUT2D eigenvalue weighted by atomic mass is 10.1. The van der Waals surface area contributed by atoms with E-state index in [2.05, 4.69) is 19.2 Å². The minimum absolute atomic E-state index is 0.0658. The molecule has 0 aliphatic carbocycles. The first-order chi connectivity index (χ1) is 12.9. The van der Waals surface area contributed by atoms with Gasteiger partial charge in [-0.1, -0.05) is 44.2 Å². The summed E-state index contributed by atoms with van der Waals surface area (Å²) in [4.78, 5) is 11.5. The molecule has 0 saturated carbocycles. The zero-order valence-electron chi connectivity index (χ0n) is 16.2. The van der Waals surface area contributed by atoms with Crippen molar-refractivity contribution in [3.05, 3.63) is 36.4 Å². The predicted molar refractivity (Wildman–Crippen MR) is 111 cm³/mol. The minimum Gasteiger partial charge on any atom is -0.370 e. The standard InChI is InChI=1S/C20H28N4O2S/c1-4-24(17-10-11-27(25,26)14-17)20-22-18(16-8-6-5-7-9-16)12-19(23-20)21-13-15(2)3/h5-9,12,15,17H,4,10-11,13-14H2,1-3H3,(H,21,22,23). The molecule has 1 atom stereocenters. The van der Waals surface area contributed by atoms with E-state index < -0.39 is 9.84 Å². The highest BCUT2D eigenvalue weighted by molar-refractivity contribution is 7.91. The summed E-state index contributed by atoms with van der Waals surface area (Å²) in [5.74, 6) is 2.27. The van der Waals surface area contributed by atoms with Gasteiger partial charge < -0.3 is 10.2 Å². The number of nitrogens with one attached hydrogen (secondary N) is 1. The van der Waals surface area contributed by atoms with Crippen molar-refractivity contribution in [1.82, 2.24) is 9.97 Å². The quantitative estimate of drug-likeness (QED) is 0.785. The van der Waals surface area contributed by atoms with Crippen molar-refractivity contribution in [3.8, 4) is 11.3 Å². The molecule has 27 heavy (non-hydrogen) atoms. The first kappa shape index (κ1) is 19.6. The van der Waals surface area contributed by atoms with Crippen LogP contribution >= 0.6 is 0 Å². The van der Waals surface area contributed by atoms with Gasteiger partial charge in [-0.15, -0.1) is 0 Å². The van der Waals surface area contributed by atoms with E-state index in [0.717, 1.165) is 23.6 Å². The average molecular weight is 389 g/mol. The van der Waals surface area contributed by atoms with Crippen LogP contribution in [0.3, 0.4) is 0 Å². The fourth-order valence-electron chi connectivity index (χ4n) is 3.30. The van der Waals surface area contributed by atoms with Crippen molar-refractivity contribution < 1.29 is 8.42 Å². The highest BCUT2D eigenvalue weighted by Gasteiger charge is 2.33. The van der Waals surface area contributed by atoms with Crippen LogP contribution in [-0.4, -0.2) is 49.0 Å². The van der Waals surface area contributed by atoms with E-state index in [1.54, 1.807) is 0 Å². The SMILES string of the molecule is CCN(c1nc(NCC(C)C)cc(-c2ccccc2)n1)C1CCS(=O)(=O)C1. The minimum atomic E-state index is -2.97. The number of nitrogens with zero attached hydrogens (tertiary/aromatic N) is 3. The summed E-state index contributed by atoms with van der Waals surface area (Å²) in [5.41, 5.74) is 1.86. The molecule has 0 spiro atoms. The molecule has 1 aromatic carbocycles. The van der Waals surface area contributed by atoms with Crippen LogP contribution in [0.2, 0.25) is 0 Å². The predicted octanol–water partition coefficient (Wildman–Crippen LogP) is 3.22. The summed E-state index contributed by atoms with van der Waals surface area (Å²) in [6, 6.07) is 11.9. The second-order valence-corrected chi connectivity index (χ2v) is 9.65. The molecule has 7 heteroatoms. The van der Waals surface area contributed by atoms with Crippen molar-refractivity contribution in [2.45, 2.75) is 33.2 Å². The molecule has 1 N–H and O–H groups in total. The molecule has 1 aromatic heterocycles. The molecule has 0 bridgehead atoms. The Morgan fingerprint density at radius 2 is 1.96 bits per heavy atom. The third kappa shape index (κ3) is 4.97. The molecule has 1 saturated heterocycles. The van der Waals surface area contributed by atoms with Crippen molar-refractivity contribution >= 4 is 21.6 Å². The Hall–Kier alpha value is -2.15. The van der Waals surface area contributed by atoms with E-state index in [1.165, 1.54) is 0 Å². The number of aromatic nitrogens is 2.